The molecule has 0 atom stereocenters. The maximum Gasteiger partial charge on any atom is 0.140 e. The minimum atomic E-state index is 0.339. The third-order valence-corrected chi connectivity index (χ3v) is 5.54. The smallest absolute Gasteiger partial charge is 0.140 e. The van der Waals surface area contributed by atoms with Crippen molar-refractivity contribution in [1.29, 1.82) is 0 Å². The van der Waals surface area contributed by atoms with Crippen molar-refractivity contribution in [3.05, 3.63) is 34.9 Å². The zero-order valence-electron chi connectivity index (χ0n) is 13.4. The maximum absolute atomic E-state index is 12.5. The van der Waals surface area contributed by atoms with E-state index in [2.05, 4.69) is 25.1 Å². The van der Waals surface area contributed by atoms with Crippen LogP contribution in [0.3, 0.4) is 0 Å². The second kappa shape index (κ2) is 6.77. The lowest BCUT2D eigenvalue weighted by atomic mass is 9.77. The molecule has 2 aliphatic rings. The van der Waals surface area contributed by atoms with Crippen molar-refractivity contribution in [2.45, 2.75) is 71.1 Å². The number of Topliss-reactive ketones (excluding diaryl/α,β-unsaturated/α-hetero) is 1. The van der Waals surface area contributed by atoms with Gasteiger partial charge < -0.3 is 0 Å². The van der Waals surface area contributed by atoms with E-state index in [4.69, 9.17) is 0 Å². The Labute approximate surface area is 129 Å². The molecule has 21 heavy (non-hydrogen) atoms. The van der Waals surface area contributed by atoms with Crippen molar-refractivity contribution in [1.82, 2.24) is 0 Å². The van der Waals surface area contributed by atoms with Crippen LogP contribution in [0.2, 0.25) is 0 Å². The van der Waals surface area contributed by atoms with Gasteiger partial charge in [-0.2, -0.15) is 0 Å². The monoisotopic (exact) mass is 284 g/mol. The molecular weight excluding hydrogens is 256 g/mol. The highest BCUT2D eigenvalue weighted by molar-refractivity contribution is 5.83. The summed E-state index contributed by atoms with van der Waals surface area (Å²) in [4.78, 5) is 12.5. The molecule has 0 unspecified atom stereocenters. The van der Waals surface area contributed by atoms with Gasteiger partial charge in [0.15, 0.2) is 0 Å². The molecular formula is C20H28O. The number of fused-ring (bicyclic) bond motifs is 1. The van der Waals surface area contributed by atoms with Gasteiger partial charge in [-0.05, 0) is 67.6 Å². The lowest BCUT2D eigenvalue weighted by Gasteiger charge is -2.27. The summed E-state index contributed by atoms with van der Waals surface area (Å²) >= 11 is 0. The molecule has 0 radical (unpaired) electrons. The molecule has 1 saturated carbocycles. The van der Waals surface area contributed by atoms with E-state index in [1.54, 1.807) is 0 Å². The molecule has 0 saturated heterocycles. The first-order valence-electron chi connectivity index (χ1n) is 8.89. The molecule has 1 heteroatoms. The van der Waals surface area contributed by atoms with Gasteiger partial charge in [0.2, 0.25) is 0 Å². The second-order valence-corrected chi connectivity index (χ2v) is 7.11. The van der Waals surface area contributed by atoms with E-state index >= 15 is 0 Å². The van der Waals surface area contributed by atoms with E-state index in [-0.39, 0.29) is 0 Å². The van der Waals surface area contributed by atoms with E-state index in [9.17, 15) is 4.79 Å². The number of benzene rings is 1. The average Bonchev–Trinajstić information content (AvgIpc) is 2.96. The van der Waals surface area contributed by atoms with E-state index < -0.39 is 0 Å². The predicted molar refractivity (Wildman–Crippen MR) is 87.5 cm³/mol. The second-order valence-electron chi connectivity index (χ2n) is 7.11. The summed E-state index contributed by atoms with van der Waals surface area (Å²) < 4.78 is 0. The highest BCUT2D eigenvalue weighted by Gasteiger charge is 2.25. The summed E-state index contributed by atoms with van der Waals surface area (Å²) in [6.07, 6.45) is 11.8. The number of hydrogen-bond acceptors (Lipinski definition) is 1. The zero-order chi connectivity index (χ0) is 14.7. The Kier molecular flexibility index (Phi) is 4.77. The number of aryl methyl sites for hydroxylation is 2. The van der Waals surface area contributed by atoms with Crippen molar-refractivity contribution in [2.24, 2.45) is 11.8 Å². The lowest BCUT2D eigenvalue weighted by molar-refractivity contribution is -0.123. The molecule has 1 aromatic carbocycles. The Bertz CT molecular complexity index is 495. The van der Waals surface area contributed by atoms with E-state index in [1.807, 2.05) is 0 Å². The van der Waals surface area contributed by atoms with Crippen LogP contribution in [-0.2, 0) is 24.1 Å². The molecule has 2 aliphatic carbocycles. The summed E-state index contributed by atoms with van der Waals surface area (Å²) in [5, 5.41) is 0. The quantitative estimate of drug-likeness (QED) is 0.752. The van der Waals surface area contributed by atoms with Crippen LogP contribution in [0.25, 0.3) is 0 Å². The largest absolute Gasteiger partial charge is 0.299 e. The molecule has 0 amide bonds. The summed E-state index contributed by atoms with van der Waals surface area (Å²) in [5.41, 5.74) is 4.24. The van der Waals surface area contributed by atoms with E-state index in [1.165, 1.54) is 61.6 Å². The van der Waals surface area contributed by atoms with Crippen molar-refractivity contribution in [3.8, 4) is 0 Å². The van der Waals surface area contributed by atoms with Gasteiger partial charge in [0.05, 0.1) is 0 Å². The normalized spacial score (nSPS) is 24.8. The van der Waals surface area contributed by atoms with E-state index in [0.717, 1.165) is 18.8 Å². The number of ketones is 1. The van der Waals surface area contributed by atoms with Crippen molar-refractivity contribution in [3.63, 3.8) is 0 Å². The molecule has 0 spiro atoms. The predicted octanol–water partition coefficient (Wildman–Crippen LogP) is 4.89. The van der Waals surface area contributed by atoms with Crippen LogP contribution < -0.4 is 0 Å². The summed E-state index contributed by atoms with van der Waals surface area (Å²) in [5.74, 6) is 1.72. The van der Waals surface area contributed by atoms with Crippen LogP contribution in [-0.4, -0.2) is 5.78 Å². The highest BCUT2D eigenvalue weighted by atomic mass is 16.1. The molecule has 0 aliphatic heterocycles. The molecule has 3 rings (SSSR count). The van der Waals surface area contributed by atoms with Gasteiger partial charge in [0, 0.05) is 12.3 Å². The van der Waals surface area contributed by atoms with Gasteiger partial charge in [0.25, 0.3) is 0 Å². The first-order chi connectivity index (χ1) is 10.3. The molecule has 0 heterocycles. The Morgan fingerprint density at radius 2 is 1.86 bits per heavy atom. The van der Waals surface area contributed by atoms with Crippen molar-refractivity contribution >= 4 is 5.78 Å². The molecule has 1 fully saturated rings. The standard InChI is InChI=1S/C20H28O/c1-2-4-15-7-11-18(12-8-15)20(21)14-16-9-10-17-5-3-6-19(17)13-16/h9-10,13,15,18H,2-8,11-12,14H2,1H3. The van der Waals surface area contributed by atoms with Gasteiger partial charge in [-0.3, -0.25) is 4.79 Å². The van der Waals surface area contributed by atoms with E-state index in [0.29, 0.717) is 18.1 Å². The van der Waals surface area contributed by atoms with Crippen LogP contribution in [0.4, 0.5) is 0 Å². The molecule has 0 aromatic heterocycles. The SMILES string of the molecule is CCCC1CCC(C(=O)Cc2ccc3c(c2)CCC3)CC1. The number of carbonyl (C=O) groups excluding carboxylic acids is 1. The average molecular weight is 284 g/mol. The fourth-order valence-corrected chi connectivity index (χ4v) is 4.26. The summed E-state index contributed by atoms with van der Waals surface area (Å²) in [6.45, 7) is 2.27. The Hall–Kier alpha value is -1.11. The van der Waals surface area contributed by atoms with Crippen LogP contribution in [0, 0.1) is 11.8 Å². The lowest BCUT2D eigenvalue weighted by Crippen LogP contribution is -2.23. The molecule has 1 aromatic rings. The number of hydrogen-bond donors (Lipinski definition) is 0. The first kappa shape index (κ1) is 14.8. The van der Waals surface area contributed by atoms with Crippen molar-refractivity contribution in [2.75, 3.05) is 0 Å². The number of carbonyl (C=O) groups is 1. The van der Waals surface area contributed by atoms with Gasteiger partial charge >= 0.3 is 0 Å². The summed E-state index contributed by atoms with van der Waals surface area (Å²) in [6, 6.07) is 6.73. The topological polar surface area (TPSA) is 17.1 Å². The van der Waals surface area contributed by atoms with Gasteiger partial charge in [-0.1, -0.05) is 38.0 Å². The third-order valence-electron chi connectivity index (χ3n) is 5.54. The van der Waals surface area contributed by atoms with Gasteiger partial charge in [-0.15, -0.1) is 0 Å². The van der Waals surface area contributed by atoms with Crippen LogP contribution >= 0.6 is 0 Å². The van der Waals surface area contributed by atoms with Crippen LogP contribution in [0.15, 0.2) is 18.2 Å². The fourth-order valence-electron chi connectivity index (χ4n) is 4.26. The molecule has 0 N–H and O–H groups in total. The molecule has 1 nitrogen and oxygen atoms in total. The third kappa shape index (κ3) is 3.56. The molecule has 114 valence electrons. The minimum absolute atomic E-state index is 0.339. The van der Waals surface area contributed by atoms with Crippen LogP contribution in [0.1, 0.15) is 68.6 Å². The first-order valence-corrected chi connectivity index (χ1v) is 8.89. The zero-order valence-corrected chi connectivity index (χ0v) is 13.4. The Morgan fingerprint density at radius 1 is 1.10 bits per heavy atom. The number of rotatable bonds is 5. The van der Waals surface area contributed by atoms with Crippen molar-refractivity contribution < 1.29 is 4.79 Å². The van der Waals surface area contributed by atoms with Gasteiger partial charge in [-0.25, -0.2) is 0 Å². The van der Waals surface area contributed by atoms with Gasteiger partial charge in [0.1, 0.15) is 5.78 Å². The highest BCUT2D eigenvalue weighted by Crippen LogP contribution is 2.32. The molecule has 0 bridgehead atoms. The minimum Gasteiger partial charge on any atom is -0.299 e. The maximum atomic E-state index is 12.5. The Morgan fingerprint density at radius 3 is 2.62 bits per heavy atom. The fraction of sp³-hybridized carbons (Fsp3) is 0.650. The Balaban J connectivity index is 1.55. The van der Waals surface area contributed by atoms with Crippen LogP contribution in [0.5, 0.6) is 0 Å². The summed E-state index contributed by atoms with van der Waals surface area (Å²) in [7, 11) is 0.